The second kappa shape index (κ2) is 4.79. The molecule has 0 amide bonds. The molecule has 1 heterocycles. The highest BCUT2D eigenvalue weighted by Crippen LogP contribution is 2.31. The van der Waals surface area contributed by atoms with Crippen LogP contribution >= 0.6 is 0 Å². The van der Waals surface area contributed by atoms with Gasteiger partial charge in [0.1, 0.15) is 6.26 Å². The van der Waals surface area contributed by atoms with E-state index in [1.807, 2.05) is 0 Å². The number of hydrogen-bond donors (Lipinski definition) is 1. The summed E-state index contributed by atoms with van der Waals surface area (Å²) in [6.45, 7) is 1.77. The third-order valence-corrected chi connectivity index (χ3v) is 3.03. The van der Waals surface area contributed by atoms with Crippen LogP contribution in [0.5, 0.6) is 0 Å². The van der Waals surface area contributed by atoms with Crippen molar-refractivity contribution in [2.75, 3.05) is 0 Å². The van der Waals surface area contributed by atoms with Crippen LogP contribution in [-0.4, -0.2) is 16.2 Å². The first kappa shape index (κ1) is 10.7. The Balaban J connectivity index is 1.99. The molecule has 1 atom stereocenters. The Morgan fingerprint density at radius 3 is 2.87 bits per heavy atom. The lowest BCUT2D eigenvalue weighted by Crippen LogP contribution is -2.07. The van der Waals surface area contributed by atoms with Gasteiger partial charge >= 0.3 is 0 Å². The standard InChI is InChI=1S/C12H19NO2/c1-9(14)7-11-8-15-12(13-11)10-5-3-2-4-6-10/h8-10,14H,2-7H2,1H3. The Morgan fingerprint density at radius 1 is 1.47 bits per heavy atom. The smallest absolute Gasteiger partial charge is 0.197 e. The molecule has 0 aromatic carbocycles. The zero-order chi connectivity index (χ0) is 10.7. The number of aliphatic hydroxyl groups excluding tert-OH is 1. The predicted molar refractivity (Wildman–Crippen MR) is 57.7 cm³/mol. The lowest BCUT2D eigenvalue weighted by atomic mass is 9.89. The molecule has 0 spiro atoms. The quantitative estimate of drug-likeness (QED) is 0.832. The molecule has 1 N–H and O–H groups in total. The summed E-state index contributed by atoms with van der Waals surface area (Å²) >= 11 is 0. The monoisotopic (exact) mass is 209 g/mol. The second-order valence-electron chi connectivity index (χ2n) is 4.57. The Morgan fingerprint density at radius 2 is 2.20 bits per heavy atom. The van der Waals surface area contributed by atoms with E-state index in [1.165, 1.54) is 32.1 Å². The van der Waals surface area contributed by atoms with Gasteiger partial charge in [-0.15, -0.1) is 0 Å². The van der Waals surface area contributed by atoms with E-state index in [0.717, 1.165) is 11.6 Å². The lowest BCUT2D eigenvalue weighted by molar-refractivity contribution is 0.194. The lowest BCUT2D eigenvalue weighted by Gasteiger charge is -2.17. The van der Waals surface area contributed by atoms with Gasteiger partial charge < -0.3 is 9.52 Å². The van der Waals surface area contributed by atoms with Crippen molar-refractivity contribution >= 4 is 0 Å². The SMILES string of the molecule is CC(O)Cc1coc(C2CCCCC2)n1. The fourth-order valence-electron chi connectivity index (χ4n) is 2.26. The van der Waals surface area contributed by atoms with E-state index < -0.39 is 0 Å². The molecule has 0 radical (unpaired) electrons. The second-order valence-corrected chi connectivity index (χ2v) is 4.57. The van der Waals surface area contributed by atoms with Crippen LogP contribution in [0.2, 0.25) is 0 Å². The van der Waals surface area contributed by atoms with Crippen LogP contribution in [0.15, 0.2) is 10.7 Å². The Hall–Kier alpha value is -0.830. The van der Waals surface area contributed by atoms with Crippen LogP contribution in [-0.2, 0) is 6.42 Å². The van der Waals surface area contributed by atoms with Gasteiger partial charge in [0.15, 0.2) is 5.89 Å². The molecule has 84 valence electrons. The molecule has 0 aliphatic heterocycles. The fourth-order valence-corrected chi connectivity index (χ4v) is 2.26. The van der Waals surface area contributed by atoms with Crippen LogP contribution in [0, 0.1) is 0 Å². The maximum Gasteiger partial charge on any atom is 0.197 e. The van der Waals surface area contributed by atoms with E-state index in [1.54, 1.807) is 13.2 Å². The van der Waals surface area contributed by atoms with Crippen molar-refractivity contribution in [3.8, 4) is 0 Å². The minimum atomic E-state index is -0.339. The molecule has 2 rings (SSSR count). The number of nitrogens with zero attached hydrogens (tertiary/aromatic N) is 1. The highest BCUT2D eigenvalue weighted by atomic mass is 16.3. The summed E-state index contributed by atoms with van der Waals surface area (Å²) in [5.41, 5.74) is 0.880. The van der Waals surface area contributed by atoms with Crippen LogP contribution in [0.1, 0.15) is 56.5 Å². The molecule has 0 bridgehead atoms. The molecule has 1 saturated carbocycles. The van der Waals surface area contributed by atoms with Gasteiger partial charge in [-0.1, -0.05) is 19.3 Å². The largest absolute Gasteiger partial charge is 0.448 e. The third-order valence-electron chi connectivity index (χ3n) is 3.03. The zero-order valence-corrected chi connectivity index (χ0v) is 9.28. The maximum atomic E-state index is 9.24. The van der Waals surface area contributed by atoms with Crippen LogP contribution in [0.25, 0.3) is 0 Å². The maximum absolute atomic E-state index is 9.24. The van der Waals surface area contributed by atoms with E-state index >= 15 is 0 Å². The average Bonchev–Trinajstić information content (AvgIpc) is 2.67. The van der Waals surface area contributed by atoms with Crippen LogP contribution < -0.4 is 0 Å². The van der Waals surface area contributed by atoms with Gasteiger partial charge in [-0.25, -0.2) is 4.98 Å². The number of oxazole rings is 1. The van der Waals surface area contributed by atoms with Crippen molar-refractivity contribution in [3.05, 3.63) is 17.8 Å². The highest BCUT2D eigenvalue weighted by molar-refractivity contribution is 5.02. The summed E-state index contributed by atoms with van der Waals surface area (Å²) in [6.07, 6.45) is 8.28. The van der Waals surface area contributed by atoms with Crippen molar-refractivity contribution in [1.29, 1.82) is 0 Å². The summed E-state index contributed by atoms with van der Waals surface area (Å²) < 4.78 is 5.48. The average molecular weight is 209 g/mol. The molecule has 3 nitrogen and oxygen atoms in total. The van der Waals surface area contributed by atoms with E-state index in [4.69, 9.17) is 4.42 Å². The fraction of sp³-hybridized carbons (Fsp3) is 0.750. The number of hydrogen-bond acceptors (Lipinski definition) is 3. The van der Waals surface area contributed by atoms with Crippen LogP contribution in [0.3, 0.4) is 0 Å². The molecule has 0 saturated heterocycles. The summed E-state index contributed by atoms with van der Waals surface area (Å²) in [4.78, 5) is 4.45. The number of aliphatic hydroxyl groups is 1. The Bertz CT molecular complexity index is 300. The Labute approximate surface area is 90.5 Å². The minimum Gasteiger partial charge on any atom is -0.448 e. The Kier molecular flexibility index (Phi) is 3.41. The van der Waals surface area contributed by atoms with Crippen LogP contribution in [0.4, 0.5) is 0 Å². The number of aromatic nitrogens is 1. The first-order chi connectivity index (χ1) is 7.25. The van der Waals surface area contributed by atoms with Gasteiger partial charge in [-0.3, -0.25) is 0 Å². The van der Waals surface area contributed by atoms with E-state index in [-0.39, 0.29) is 6.10 Å². The van der Waals surface area contributed by atoms with Crippen molar-refractivity contribution in [1.82, 2.24) is 4.98 Å². The molecular formula is C12H19NO2. The molecule has 1 aliphatic carbocycles. The molecule has 1 aromatic rings. The molecule has 1 aliphatic rings. The van der Waals surface area contributed by atoms with Crippen molar-refractivity contribution in [2.24, 2.45) is 0 Å². The van der Waals surface area contributed by atoms with Gasteiger partial charge in [0.05, 0.1) is 11.8 Å². The van der Waals surface area contributed by atoms with Crippen molar-refractivity contribution in [3.63, 3.8) is 0 Å². The van der Waals surface area contributed by atoms with Gasteiger partial charge in [-0.2, -0.15) is 0 Å². The topological polar surface area (TPSA) is 46.3 Å². The first-order valence-corrected chi connectivity index (χ1v) is 5.88. The van der Waals surface area contributed by atoms with Crippen molar-refractivity contribution in [2.45, 2.75) is 57.5 Å². The molecule has 1 fully saturated rings. The molecule has 15 heavy (non-hydrogen) atoms. The third kappa shape index (κ3) is 2.81. The normalized spacial score (nSPS) is 20.4. The zero-order valence-electron chi connectivity index (χ0n) is 9.28. The molecule has 1 unspecified atom stereocenters. The van der Waals surface area contributed by atoms with Gasteiger partial charge in [0.25, 0.3) is 0 Å². The summed E-state index contributed by atoms with van der Waals surface area (Å²) in [7, 11) is 0. The molecular weight excluding hydrogens is 190 g/mol. The van der Waals surface area contributed by atoms with Gasteiger partial charge in [-0.05, 0) is 19.8 Å². The van der Waals surface area contributed by atoms with E-state index in [0.29, 0.717) is 12.3 Å². The molecule has 1 aromatic heterocycles. The summed E-state index contributed by atoms with van der Waals surface area (Å²) in [5.74, 6) is 1.40. The summed E-state index contributed by atoms with van der Waals surface area (Å²) in [6, 6.07) is 0. The van der Waals surface area contributed by atoms with E-state index in [2.05, 4.69) is 4.98 Å². The number of rotatable bonds is 3. The van der Waals surface area contributed by atoms with E-state index in [9.17, 15) is 5.11 Å². The van der Waals surface area contributed by atoms with Crippen molar-refractivity contribution < 1.29 is 9.52 Å². The first-order valence-electron chi connectivity index (χ1n) is 5.88. The minimum absolute atomic E-state index is 0.339. The highest BCUT2D eigenvalue weighted by Gasteiger charge is 2.20. The predicted octanol–water partition coefficient (Wildman–Crippen LogP) is 2.65. The van der Waals surface area contributed by atoms with Gasteiger partial charge in [0.2, 0.25) is 0 Å². The summed E-state index contributed by atoms with van der Waals surface area (Å²) in [5, 5.41) is 9.24. The van der Waals surface area contributed by atoms with Gasteiger partial charge in [0, 0.05) is 12.3 Å². The molecule has 3 heteroatoms.